The molecule has 0 spiro atoms. The molecule has 20 heavy (non-hydrogen) atoms. The molecule has 0 aromatic heterocycles. The molecule has 0 radical (unpaired) electrons. The second-order valence-electron chi connectivity index (χ2n) is 6.00. The Bertz CT molecular complexity index is 383. The molecule has 114 valence electrons. The molecule has 2 rings (SSSR count). The molecule has 1 aliphatic heterocycles. The number of urea groups is 1. The van der Waals surface area contributed by atoms with Crippen LogP contribution in [0.15, 0.2) is 0 Å². The average Bonchev–Trinajstić information content (AvgIpc) is 3.03. The summed E-state index contributed by atoms with van der Waals surface area (Å²) in [4.78, 5) is 25.0. The first kappa shape index (κ1) is 15.5. The summed E-state index contributed by atoms with van der Waals surface area (Å²) in [7, 11) is 0. The third-order valence-corrected chi connectivity index (χ3v) is 6.14. The normalized spacial score (nSPS) is 28.6. The molecule has 2 atom stereocenters. The van der Waals surface area contributed by atoms with Gasteiger partial charge in [0.15, 0.2) is 0 Å². The van der Waals surface area contributed by atoms with Crippen LogP contribution >= 0.6 is 11.8 Å². The number of amides is 2. The average molecular weight is 300 g/mol. The summed E-state index contributed by atoms with van der Waals surface area (Å²) < 4.78 is 0.153. The van der Waals surface area contributed by atoms with Gasteiger partial charge in [-0.2, -0.15) is 11.8 Å². The summed E-state index contributed by atoms with van der Waals surface area (Å²) in [5.41, 5.74) is 0. The van der Waals surface area contributed by atoms with E-state index in [4.69, 9.17) is 0 Å². The highest BCUT2D eigenvalue weighted by Crippen LogP contribution is 2.39. The molecule has 1 heterocycles. The number of hydrogen-bond acceptors (Lipinski definition) is 3. The maximum absolute atomic E-state index is 12.3. The van der Waals surface area contributed by atoms with Gasteiger partial charge in [-0.15, -0.1) is 0 Å². The lowest BCUT2D eigenvalue weighted by Crippen LogP contribution is -2.50. The molecule has 1 saturated carbocycles. The number of likely N-dealkylation sites (tertiary alicyclic amines) is 1. The number of nitrogens with one attached hydrogen (secondary N) is 1. The number of carboxylic acids is 1. The summed E-state index contributed by atoms with van der Waals surface area (Å²) in [5, 5.41) is 12.2. The minimum Gasteiger partial charge on any atom is -0.480 e. The van der Waals surface area contributed by atoms with E-state index in [1.807, 2.05) is 18.7 Å². The van der Waals surface area contributed by atoms with Crippen molar-refractivity contribution in [1.29, 1.82) is 0 Å². The third-order valence-electron chi connectivity index (χ3n) is 4.72. The van der Waals surface area contributed by atoms with Crippen LogP contribution in [0.25, 0.3) is 0 Å². The Balaban J connectivity index is 1.93. The highest BCUT2D eigenvalue weighted by molar-refractivity contribution is 8.00. The van der Waals surface area contributed by atoms with Gasteiger partial charge in [-0.1, -0.05) is 19.8 Å². The Hall–Kier alpha value is -0.910. The number of aliphatic carboxylic acids is 1. The van der Waals surface area contributed by atoms with Crippen LogP contribution in [0.4, 0.5) is 4.79 Å². The number of rotatable bonds is 4. The number of nitrogens with zero attached hydrogens (tertiary/aromatic N) is 1. The molecule has 2 aliphatic rings. The maximum Gasteiger partial charge on any atom is 0.326 e. The highest BCUT2D eigenvalue weighted by Gasteiger charge is 2.40. The zero-order valence-corrected chi connectivity index (χ0v) is 13.0. The molecule has 1 aliphatic carbocycles. The summed E-state index contributed by atoms with van der Waals surface area (Å²) in [5.74, 6) is -0.871. The Morgan fingerprint density at radius 3 is 2.60 bits per heavy atom. The van der Waals surface area contributed by atoms with Crippen LogP contribution in [0, 0.1) is 5.92 Å². The Labute approximate surface area is 124 Å². The van der Waals surface area contributed by atoms with E-state index in [9.17, 15) is 14.7 Å². The predicted molar refractivity (Wildman–Crippen MR) is 80.0 cm³/mol. The first-order valence-electron chi connectivity index (χ1n) is 7.31. The van der Waals surface area contributed by atoms with Gasteiger partial charge < -0.3 is 15.3 Å². The Kier molecular flexibility index (Phi) is 4.83. The minimum atomic E-state index is -0.898. The molecular formula is C14H24N2O3S. The van der Waals surface area contributed by atoms with Crippen molar-refractivity contribution >= 4 is 23.8 Å². The first-order chi connectivity index (χ1) is 9.49. The van der Waals surface area contributed by atoms with E-state index in [2.05, 4.69) is 11.6 Å². The minimum absolute atomic E-state index is 0.0271. The van der Waals surface area contributed by atoms with Crippen molar-refractivity contribution in [3.63, 3.8) is 0 Å². The molecule has 2 amide bonds. The van der Waals surface area contributed by atoms with E-state index >= 15 is 0 Å². The van der Waals surface area contributed by atoms with E-state index in [1.165, 1.54) is 17.7 Å². The number of carbonyl (C=O) groups excluding carboxylic acids is 1. The molecule has 5 nitrogen and oxygen atoms in total. The van der Waals surface area contributed by atoms with Gasteiger partial charge >= 0.3 is 12.0 Å². The van der Waals surface area contributed by atoms with E-state index in [-0.39, 0.29) is 16.7 Å². The molecular weight excluding hydrogens is 276 g/mol. The van der Waals surface area contributed by atoms with Crippen LogP contribution in [0.2, 0.25) is 0 Å². The second-order valence-corrected chi connectivity index (χ2v) is 7.27. The lowest BCUT2D eigenvalue weighted by molar-refractivity contribution is -0.142. The Morgan fingerprint density at radius 2 is 2.05 bits per heavy atom. The van der Waals surface area contributed by atoms with Crippen molar-refractivity contribution in [1.82, 2.24) is 10.2 Å². The summed E-state index contributed by atoms with van der Waals surface area (Å²) in [6, 6.07) is -0.897. The van der Waals surface area contributed by atoms with Gasteiger partial charge in [0.05, 0.1) is 0 Å². The van der Waals surface area contributed by atoms with Crippen LogP contribution in [0.3, 0.4) is 0 Å². The van der Waals surface area contributed by atoms with Crippen LogP contribution in [0.1, 0.15) is 39.0 Å². The SMILES string of the molecule is CSC1(CNC(=O)N2CCC(C)C2C(=O)O)CCCC1. The largest absolute Gasteiger partial charge is 0.480 e. The zero-order valence-electron chi connectivity index (χ0n) is 12.2. The van der Waals surface area contributed by atoms with Crippen molar-refractivity contribution in [2.45, 2.75) is 49.8 Å². The lowest BCUT2D eigenvalue weighted by atomic mass is 10.0. The highest BCUT2D eigenvalue weighted by atomic mass is 32.2. The number of hydrogen-bond donors (Lipinski definition) is 2. The van der Waals surface area contributed by atoms with Crippen molar-refractivity contribution < 1.29 is 14.7 Å². The molecule has 2 N–H and O–H groups in total. The zero-order chi connectivity index (χ0) is 14.8. The van der Waals surface area contributed by atoms with Gasteiger partial charge in [-0.05, 0) is 31.4 Å². The fourth-order valence-electron chi connectivity index (χ4n) is 3.36. The molecule has 2 unspecified atom stereocenters. The molecule has 0 bridgehead atoms. The van der Waals surface area contributed by atoms with Gasteiger partial charge in [0.2, 0.25) is 0 Å². The van der Waals surface area contributed by atoms with Crippen molar-refractivity contribution in [2.75, 3.05) is 19.3 Å². The first-order valence-corrected chi connectivity index (χ1v) is 8.54. The summed E-state index contributed by atoms with van der Waals surface area (Å²) in [6.07, 6.45) is 7.55. The fraction of sp³-hybridized carbons (Fsp3) is 0.857. The standard InChI is InChI=1S/C14H24N2O3S/c1-10-5-8-16(11(10)12(17)18)13(19)15-9-14(20-2)6-3-4-7-14/h10-11H,3-9H2,1-2H3,(H,15,19)(H,17,18). The fourth-order valence-corrected chi connectivity index (χ4v) is 4.28. The topological polar surface area (TPSA) is 69.6 Å². The van der Waals surface area contributed by atoms with E-state index in [1.54, 1.807) is 0 Å². The lowest BCUT2D eigenvalue weighted by Gasteiger charge is -2.29. The third kappa shape index (κ3) is 3.05. The van der Waals surface area contributed by atoms with Crippen molar-refractivity contribution in [2.24, 2.45) is 5.92 Å². The molecule has 1 saturated heterocycles. The second kappa shape index (κ2) is 6.24. The van der Waals surface area contributed by atoms with Gasteiger partial charge in [-0.25, -0.2) is 9.59 Å². The smallest absolute Gasteiger partial charge is 0.326 e. The van der Waals surface area contributed by atoms with Crippen LogP contribution in [-0.4, -0.2) is 52.1 Å². The van der Waals surface area contributed by atoms with Crippen LogP contribution < -0.4 is 5.32 Å². The molecule has 0 aromatic carbocycles. The van der Waals surface area contributed by atoms with Gasteiger partial charge in [0, 0.05) is 17.8 Å². The van der Waals surface area contributed by atoms with Gasteiger partial charge in [0.25, 0.3) is 0 Å². The molecule has 6 heteroatoms. The number of carboxylic acid groups (broad SMARTS) is 1. The van der Waals surface area contributed by atoms with E-state index in [0.717, 1.165) is 19.3 Å². The van der Waals surface area contributed by atoms with Crippen LogP contribution in [0.5, 0.6) is 0 Å². The van der Waals surface area contributed by atoms with E-state index in [0.29, 0.717) is 13.1 Å². The quantitative estimate of drug-likeness (QED) is 0.835. The van der Waals surface area contributed by atoms with Crippen molar-refractivity contribution in [3.8, 4) is 0 Å². The monoisotopic (exact) mass is 300 g/mol. The van der Waals surface area contributed by atoms with Gasteiger partial charge in [-0.3, -0.25) is 0 Å². The van der Waals surface area contributed by atoms with Crippen molar-refractivity contribution in [3.05, 3.63) is 0 Å². The maximum atomic E-state index is 12.3. The Morgan fingerprint density at radius 1 is 1.40 bits per heavy atom. The van der Waals surface area contributed by atoms with Crippen LogP contribution in [-0.2, 0) is 4.79 Å². The number of carbonyl (C=O) groups is 2. The van der Waals surface area contributed by atoms with E-state index < -0.39 is 12.0 Å². The predicted octanol–water partition coefficient (Wildman–Crippen LogP) is 2.17. The summed E-state index contributed by atoms with van der Waals surface area (Å²) >= 11 is 1.82. The molecule has 0 aromatic rings. The number of thioether (sulfide) groups is 1. The van der Waals surface area contributed by atoms with Gasteiger partial charge in [0.1, 0.15) is 6.04 Å². The molecule has 2 fully saturated rings. The summed E-state index contributed by atoms with van der Waals surface area (Å²) in [6.45, 7) is 3.08.